The third kappa shape index (κ3) is 3.69. The molecule has 0 aromatic carbocycles. The first-order chi connectivity index (χ1) is 12.5. The second-order valence-corrected chi connectivity index (χ2v) is 6.95. The highest BCUT2D eigenvalue weighted by Gasteiger charge is 2.24. The largest absolute Gasteiger partial charge is 0.355 e. The van der Waals surface area contributed by atoms with Crippen LogP contribution in [0.25, 0.3) is 0 Å². The minimum atomic E-state index is -0.0825. The van der Waals surface area contributed by atoms with Crippen molar-refractivity contribution < 1.29 is 4.79 Å². The normalized spacial score (nSPS) is 15.1. The van der Waals surface area contributed by atoms with Crippen molar-refractivity contribution in [1.82, 2.24) is 20.1 Å². The molecule has 7 nitrogen and oxygen atoms in total. The maximum Gasteiger partial charge on any atom is 0.269 e. The predicted molar refractivity (Wildman–Crippen MR) is 99.0 cm³/mol. The van der Waals surface area contributed by atoms with Crippen molar-refractivity contribution in [1.29, 1.82) is 5.26 Å². The van der Waals surface area contributed by atoms with Crippen LogP contribution in [0.4, 0.5) is 5.82 Å². The van der Waals surface area contributed by atoms with Gasteiger partial charge in [-0.2, -0.15) is 10.4 Å². The van der Waals surface area contributed by atoms with Crippen molar-refractivity contribution in [2.75, 3.05) is 18.0 Å². The average molecular weight is 352 g/mol. The Morgan fingerprint density at radius 2 is 2.12 bits per heavy atom. The Morgan fingerprint density at radius 1 is 1.38 bits per heavy atom. The summed E-state index contributed by atoms with van der Waals surface area (Å²) in [6, 6.07) is 7.73. The van der Waals surface area contributed by atoms with Gasteiger partial charge < -0.3 is 10.2 Å². The zero-order valence-electron chi connectivity index (χ0n) is 15.4. The van der Waals surface area contributed by atoms with Gasteiger partial charge >= 0.3 is 0 Å². The molecule has 1 aliphatic rings. The highest BCUT2D eigenvalue weighted by molar-refractivity contribution is 5.92. The van der Waals surface area contributed by atoms with Gasteiger partial charge in [0.05, 0.1) is 11.3 Å². The third-order valence-electron chi connectivity index (χ3n) is 4.76. The van der Waals surface area contributed by atoms with Gasteiger partial charge in [-0.05, 0) is 37.0 Å². The number of rotatable bonds is 4. The molecule has 26 heavy (non-hydrogen) atoms. The molecule has 1 aliphatic heterocycles. The minimum absolute atomic E-state index is 0.0825. The summed E-state index contributed by atoms with van der Waals surface area (Å²) in [7, 11) is 1.80. The van der Waals surface area contributed by atoms with Crippen LogP contribution in [0.1, 0.15) is 54.4 Å². The molecule has 2 aromatic heterocycles. The fourth-order valence-electron chi connectivity index (χ4n) is 3.22. The number of amides is 1. The molecule has 0 radical (unpaired) electrons. The highest BCUT2D eigenvalue weighted by atomic mass is 16.2. The molecular weight excluding hydrogens is 328 g/mol. The number of anilines is 1. The average Bonchev–Trinajstić information content (AvgIpc) is 3.04. The fourth-order valence-corrected chi connectivity index (χ4v) is 3.22. The van der Waals surface area contributed by atoms with Crippen LogP contribution in [-0.4, -0.2) is 39.8 Å². The Kier molecular flexibility index (Phi) is 5.21. The van der Waals surface area contributed by atoms with E-state index in [4.69, 9.17) is 0 Å². The summed E-state index contributed by atoms with van der Waals surface area (Å²) in [6.45, 7) is 5.65. The van der Waals surface area contributed by atoms with Crippen LogP contribution in [0.5, 0.6) is 0 Å². The van der Waals surface area contributed by atoms with Crippen molar-refractivity contribution in [3.05, 3.63) is 41.3 Å². The smallest absolute Gasteiger partial charge is 0.269 e. The lowest BCUT2D eigenvalue weighted by molar-refractivity contribution is 0.0921. The number of nitriles is 1. The monoisotopic (exact) mass is 352 g/mol. The lowest BCUT2D eigenvalue weighted by Crippen LogP contribution is -2.45. The molecule has 1 N–H and O–H groups in total. The van der Waals surface area contributed by atoms with Crippen LogP contribution >= 0.6 is 0 Å². The van der Waals surface area contributed by atoms with E-state index in [1.165, 1.54) is 0 Å². The second-order valence-electron chi connectivity index (χ2n) is 6.95. The number of hydrogen-bond donors (Lipinski definition) is 1. The number of carbonyl (C=O) groups excluding carboxylic acids is 1. The second kappa shape index (κ2) is 7.56. The lowest BCUT2D eigenvalue weighted by atomic mass is 10.0. The van der Waals surface area contributed by atoms with Crippen molar-refractivity contribution in [3.8, 4) is 6.07 Å². The molecule has 1 saturated heterocycles. The molecule has 1 amide bonds. The van der Waals surface area contributed by atoms with Gasteiger partial charge in [0.15, 0.2) is 0 Å². The van der Waals surface area contributed by atoms with E-state index in [1.54, 1.807) is 30.1 Å². The van der Waals surface area contributed by atoms with Gasteiger partial charge in [0, 0.05) is 32.4 Å². The van der Waals surface area contributed by atoms with Gasteiger partial charge in [-0.25, -0.2) is 4.98 Å². The molecule has 0 unspecified atom stereocenters. The number of pyridine rings is 1. The van der Waals surface area contributed by atoms with Gasteiger partial charge in [-0.15, -0.1) is 0 Å². The summed E-state index contributed by atoms with van der Waals surface area (Å²) in [5.74, 6) is 0.938. The van der Waals surface area contributed by atoms with E-state index in [1.807, 2.05) is 6.07 Å². The highest BCUT2D eigenvalue weighted by Crippen LogP contribution is 2.21. The summed E-state index contributed by atoms with van der Waals surface area (Å²) in [4.78, 5) is 19.0. The SMILES string of the molecule is CC(C)c1cc(C(=O)NC2CCN(c3ncccc3C#N)CC2)n(C)n1. The first-order valence-corrected chi connectivity index (χ1v) is 8.94. The van der Waals surface area contributed by atoms with E-state index in [0.717, 1.165) is 37.4 Å². The molecule has 0 bridgehead atoms. The predicted octanol–water partition coefficient (Wildman–Crippen LogP) is 2.21. The minimum Gasteiger partial charge on any atom is -0.355 e. The quantitative estimate of drug-likeness (QED) is 0.911. The zero-order chi connectivity index (χ0) is 18.7. The fraction of sp³-hybridized carbons (Fsp3) is 0.474. The maximum absolute atomic E-state index is 12.6. The van der Waals surface area contributed by atoms with Gasteiger partial charge in [-0.1, -0.05) is 13.8 Å². The van der Waals surface area contributed by atoms with E-state index >= 15 is 0 Å². The number of aryl methyl sites for hydroxylation is 1. The molecule has 0 atom stereocenters. The van der Waals surface area contributed by atoms with Crippen molar-refractivity contribution in [2.24, 2.45) is 7.05 Å². The lowest BCUT2D eigenvalue weighted by Gasteiger charge is -2.33. The number of aromatic nitrogens is 3. The van der Waals surface area contributed by atoms with Crippen LogP contribution in [0.15, 0.2) is 24.4 Å². The maximum atomic E-state index is 12.6. The van der Waals surface area contributed by atoms with Gasteiger partial charge in [-0.3, -0.25) is 9.48 Å². The number of piperidine rings is 1. The van der Waals surface area contributed by atoms with Gasteiger partial charge in [0.25, 0.3) is 5.91 Å². The Labute approximate surface area is 153 Å². The molecule has 2 aromatic rings. The van der Waals surface area contributed by atoms with Crippen molar-refractivity contribution in [3.63, 3.8) is 0 Å². The number of nitrogens with one attached hydrogen (secondary N) is 1. The summed E-state index contributed by atoms with van der Waals surface area (Å²) < 4.78 is 1.65. The Hall–Kier alpha value is -2.88. The topological polar surface area (TPSA) is 86.8 Å². The standard InChI is InChI=1S/C19H24N6O/c1-13(2)16-11-17(24(3)23-16)19(26)22-15-6-9-25(10-7-15)18-14(12-20)5-4-8-21-18/h4-5,8,11,13,15H,6-7,9-10H2,1-3H3,(H,22,26). The summed E-state index contributed by atoms with van der Waals surface area (Å²) >= 11 is 0. The summed E-state index contributed by atoms with van der Waals surface area (Å²) in [5, 5.41) is 16.8. The van der Waals surface area contributed by atoms with E-state index in [-0.39, 0.29) is 11.9 Å². The molecule has 3 heterocycles. The number of hydrogen-bond acceptors (Lipinski definition) is 5. The van der Waals surface area contributed by atoms with Gasteiger partial charge in [0.2, 0.25) is 0 Å². The van der Waals surface area contributed by atoms with Crippen LogP contribution in [-0.2, 0) is 7.05 Å². The Morgan fingerprint density at radius 3 is 2.73 bits per heavy atom. The number of carbonyl (C=O) groups is 1. The van der Waals surface area contributed by atoms with E-state index < -0.39 is 0 Å². The first kappa shape index (κ1) is 17.9. The van der Waals surface area contributed by atoms with Gasteiger partial charge in [0.1, 0.15) is 17.6 Å². The molecule has 0 spiro atoms. The molecule has 1 fully saturated rings. The molecule has 0 saturated carbocycles. The summed E-state index contributed by atoms with van der Waals surface area (Å²) in [6.07, 6.45) is 3.35. The Balaban J connectivity index is 1.61. The molecule has 136 valence electrons. The molecule has 3 rings (SSSR count). The molecule has 7 heteroatoms. The first-order valence-electron chi connectivity index (χ1n) is 8.94. The van der Waals surface area contributed by atoms with Crippen LogP contribution < -0.4 is 10.2 Å². The van der Waals surface area contributed by atoms with Crippen LogP contribution in [0.2, 0.25) is 0 Å². The third-order valence-corrected chi connectivity index (χ3v) is 4.76. The molecule has 0 aliphatic carbocycles. The van der Waals surface area contributed by atoms with Crippen LogP contribution in [0.3, 0.4) is 0 Å². The number of nitrogens with zero attached hydrogens (tertiary/aromatic N) is 5. The van der Waals surface area contributed by atoms with Crippen molar-refractivity contribution in [2.45, 2.75) is 38.6 Å². The molecular formula is C19H24N6O. The van der Waals surface area contributed by atoms with Crippen LogP contribution in [0, 0.1) is 11.3 Å². The van der Waals surface area contributed by atoms with E-state index in [0.29, 0.717) is 17.2 Å². The van der Waals surface area contributed by atoms with Crippen molar-refractivity contribution >= 4 is 11.7 Å². The zero-order valence-corrected chi connectivity index (χ0v) is 15.4. The summed E-state index contributed by atoms with van der Waals surface area (Å²) in [5.41, 5.74) is 2.10. The van der Waals surface area contributed by atoms with E-state index in [2.05, 4.69) is 40.2 Å². The van der Waals surface area contributed by atoms with E-state index in [9.17, 15) is 10.1 Å². The Bertz CT molecular complexity index is 827.